The SMILES string of the molecule is CN(C)C1CC=C(c2cccc(C(F)(F)F)c2)CC1. The molecule has 1 atom stereocenters. The number of benzene rings is 1. The van der Waals surface area contributed by atoms with Crippen molar-refractivity contribution in [2.45, 2.75) is 31.5 Å². The molecule has 0 radical (unpaired) electrons. The van der Waals surface area contributed by atoms with E-state index in [1.807, 2.05) is 14.1 Å². The summed E-state index contributed by atoms with van der Waals surface area (Å²) in [5, 5.41) is 0. The first-order chi connectivity index (χ1) is 8.88. The molecule has 0 N–H and O–H groups in total. The number of alkyl halides is 3. The average molecular weight is 269 g/mol. The van der Waals surface area contributed by atoms with E-state index in [1.165, 1.54) is 12.1 Å². The van der Waals surface area contributed by atoms with Crippen LogP contribution < -0.4 is 0 Å². The predicted molar refractivity (Wildman–Crippen MR) is 70.7 cm³/mol. The van der Waals surface area contributed by atoms with Crippen molar-refractivity contribution < 1.29 is 13.2 Å². The first-order valence-electron chi connectivity index (χ1n) is 6.41. The van der Waals surface area contributed by atoms with E-state index < -0.39 is 11.7 Å². The number of hydrogen-bond donors (Lipinski definition) is 0. The second-order valence-electron chi connectivity index (χ2n) is 5.20. The van der Waals surface area contributed by atoms with E-state index >= 15 is 0 Å². The highest BCUT2D eigenvalue weighted by molar-refractivity contribution is 5.67. The van der Waals surface area contributed by atoms with Gasteiger partial charge in [0.1, 0.15) is 0 Å². The molecule has 4 heteroatoms. The van der Waals surface area contributed by atoms with Crippen LogP contribution in [0.15, 0.2) is 30.3 Å². The van der Waals surface area contributed by atoms with Crippen LogP contribution in [0.3, 0.4) is 0 Å². The second kappa shape index (κ2) is 5.37. The summed E-state index contributed by atoms with van der Waals surface area (Å²) < 4.78 is 38.0. The first-order valence-corrected chi connectivity index (χ1v) is 6.41. The van der Waals surface area contributed by atoms with Crippen LogP contribution in [0.25, 0.3) is 5.57 Å². The summed E-state index contributed by atoms with van der Waals surface area (Å²) in [7, 11) is 4.07. The van der Waals surface area contributed by atoms with Crippen LogP contribution in [0.2, 0.25) is 0 Å². The van der Waals surface area contributed by atoms with Gasteiger partial charge in [-0.05, 0) is 56.6 Å². The van der Waals surface area contributed by atoms with Gasteiger partial charge in [-0.1, -0.05) is 18.2 Å². The van der Waals surface area contributed by atoms with Crippen LogP contribution in [-0.2, 0) is 6.18 Å². The third-order valence-electron chi connectivity index (χ3n) is 3.67. The van der Waals surface area contributed by atoms with Crippen LogP contribution in [0.4, 0.5) is 13.2 Å². The summed E-state index contributed by atoms with van der Waals surface area (Å²) in [6.45, 7) is 0. The summed E-state index contributed by atoms with van der Waals surface area (Å²) in [6.07, 6.45) is 0.541. The van der Waals surface area contributed by atoms with E-state index in [2.05, 4.69) is 11.0 Å². The van der Waals surface area contributed by atoms with Gasteiger partial charge in [-0.25, -0.2) is 0 Å². The third-order valence-corrected chi connectivity index (χ3v) is 3.67. The summed E-state index contributed by atoms with van der Waals surface area (Å²) in [6, 6.07) is 6.11. The lowest BCUT2D eigenvalue weighted by atomic mass is 9.89. The Labute approximate surface area is 111 Å². The Kier molecular flexibility index (Phi) is 3.99. The van der Waals surface area contributed by atoms with Crippen molar-refractivity contribution in [2.24, 2.45) is 0 Å². The molecule has 1 unspecified atom stereocenters. The molecule has 19 heavy (non-hydrogen) atoms. The highest BCUT2D eigenvalue weighted by atomic mass is 19.4. The topological polar surface area (TPSA) is 3.24 Å². The molecule has 0 fully saturated rings. The standard InChI is InChI=1S/C15H18F3N/c1-19(2)14-8-6-11(7-9-14)12-4-3-5-13(10-12)15(16,17)18/h3-6,10,14H,7-9H2,1-2H3. The van der Waals surface area contributed by atoms with E-state index in [0.717, 1.165) is 30.9 Å². The molecule has 0 bridgehead atoms. The molecular weight excluding hydrogens is 251 g/mol. The van der Waals surface area contributed by atoms with Crippen molar-refractivity contribution in [3.8, 4) is 0 Å². The molecule has 2 rings (SSSR count). The van der Waals surface area contributed by atoms with Gasteiger partial charge in [-0.3, -0.25) is 0 Å². The zero-order valence-electron chi connectivity index (χ0n) is 11.2. The van der Waals surface area contributed by atoms with Crippen molar-refractivity contribution in [1.29, 1.82) is 0 Å². The zero-order chi connectivity index (χ0) is 14.0. The fourth-order valence-electron chi connectivity index (χ4n) is 2.45. The smallest absolute Gasteiger partial charge is 0.306 e. The first kappa shape index (κ1) is 14.1. The normalized spacial score (nSPS) is 20.5. The quantitative estimate of drug-likeness (QED) is 0.777. The van der Waals surface area contributed by atoms with Gasteiger partial charge in [0.25, 0.3) is 0 Å². The Hall–Kier alpha value is -1.29. The van der Waals surface area contributed by atoms with Crippen molar-refractivity contribution in [1.82, 2.24) is 4.90 Å². The lowest BCUT2D eigenvalue weighted by Crippen LogP contribution is -2.28. The molecule has 1 aliphatic carbocycles. The van der Waals surface area contributed by atoms with Crippen molar-refractivity contribution in [3.05, 3.63) is 41.5 Å². The Bertz CT molecular complexity index is 475. The van der Waals surface area contributed by atoms with Gasteiger partial charge in [0.05, 0.1) is 5.56 Å². The second-order valence-corrected chi connectivity index (χ2v) is 5.20. The van der Waals surface area contributed by atoms with Crippen LogP contribution in [0, 0.1) is 0 Å². The molecule has 0 aliphatic heterocycles. The summed E-state index contributed by atoms with van der Waals surface area (Å²) >= 11 is 0. The molecule has 1 aromatic carbocycles. The maximum absolute atomic E-state index is 12.7. The zero-order valence-corrected chi connectivity index (χ0v) is 11.2. The summed E-state index contributed by atoms with van der Waals surface area (Å²) in [5.41, 5.74) is 1.16. The number of hydrogen-bond acceptors (Lipinski definition) is 1. The highest BCUT2D eigenvalue weighted by Crippen LogP contribution is 2.33. The molecule has 1 aromatic rings. The van der Waals surface area contributed by atoms with Gasteiger partial charge < -0.3 is 4.90 Å². The molecule has 0 spiro atoms. The minimum Gasteiger partial charge on any atom is -0.306 e. The predicted octanol–water partition coefficient (Wildman–Crippen LogP) is 4.20. The lowest BCUT2D eigenvalue weighted by molar-refractivity contribution is -0.137. The molecule has 1 nitrogen and oxygen atoms in total. The van der Waals surface area contributed by atoms with Crippen LogP contribution in [0.1, 0.15) is 30.4 Å². The third kappa shape index (κ3) is 3.38. The Morgan fingerprint density at radius 1 is 1.21 bits per heavy atom. The Morgan fingerprint density at radius 2 is 1.95 bits per heavy atom. The van der Waals surface area contributed by atoms with Gasteiger partial charge in [0, 0.05) is 6.04 Å². The van der Waals surface area contributed by atoms with Crippen LogP contribution in [0.5, 0.6) is 0 Å². The van der Waals surface area contributed by atoms with Gasteiger partial charge in [-0.2, -0.15) is 13.2 Å². The molecule has 0 amide bonds. The van der Waals surface area contributed by atoms with E-state index in [9.17, 15) is 13.2 Å². The molecule has 0 saturated heterocycles. The van der Waals surface area contributed by atoms with Crippen LogP contribution in [-0.4, -0.2) is 25.0 Å². The minimum atomic E-state index is -4.27. The summed E-state index contributed by atoms with van der Waals surface area (Å²) in [4.78, 5) is 2.17. The van der Waals surface area contributed by atoms with Gasteiger partial charge >= 0.3 is 6.18 Å². The van der Waals surface area contributed by atoms with Crippen molar-refractivity contribution >= 4 is 5.57 Å². The maximum atomic E-state index is 12.7. The van der Waals surface area contributed by atoms with Crippen molar-refractivity contribution in [3.63, 3.8) is 0 Å². The van der Waals surface area contributed by atoms with E-state index in [1.54, 1.807) is 6.07 Å². The number of rotatable bonds is 2. The van der Waals surface area contributed by atoms with E-state index in [0.29, 0.717) is 11.6 Å². The largest absolute Gasteiger partial charge is 0.416 e. The molecule has 1 aliphatic rings. The molecule has 0 heterocycles. The average Bonchev–Trinajstić information content (AvgIpc) is 2.38. The minimum absolute atomic E-state index is 0.495. The fourth-order valence-corrected chi connectivity index (χ4v) is 2.45. The molecular formula is C15H18F3N. The monoisotopic (exact) mass is 269 g/mol. The fraction of sp³-hybridized carbons (Fsp3) is 0.467. The number of nitrogens with zero attached hydrogens (tertiary/aromatic N) is 1. The molecule has 104 valence electrons. The highest BCUT2D eigenvalue weighted by Gasteiger charge is 2.30. The Morgan fingerprint density at radius 3 is 2.47 bits per heavy atom. The number of halogens is 3. The van der Waals surface area contributed by atoms with E-state index in [4.69, 9.17) is 0 Å². The van der Waals surface area contributed by atoms with Gasteiger partial charge in [-0.15, -0.1) is 0 Å². The number of allylic oxidation sites excluding steroid dienone is 1. The van der Waals surface area contributed by atoms with Gasteiger partial charge in [0.15, 0.2) is 0 Å². The van der Waals surface area contributed by atoms with Crippen molar-refractivity contribution in [2.75, 3.05) is 14.1 Å². The maximum Gasteiger partial charge on any atom is 0.416 e. The van der Waals surface area contributed by atoms with Gasteiger partial charge in [0.2, 0.25) is 0 Å². The van der Waals surface area contributed by atoms with Crippen LogP contribution >= 0.6 is 0 Å². The Balaban J connectivity index is 2.20. The van der Waals surface area contributed by atoms with E-state index in [-0.39, 0.29) is 0 Å². The lowest BCUT2D eigenvalue weighted by Gasteiger charge is -2.27. The molecule has 0 aromatic heterocycles. The molecule has 0 saturated carbocycles. The summed E-state index contributed by atoms with van der Waals surface area (Å²) in [5.74, 6) is 0.